The van der Waals surface area contributed by atoms with Crippen LogP contribution in [-0.2, 0) is 5.41 Å². The summed E-state index contributed by atoms with van der Waals surface area (Å²) in [6.07, 6.45) is 0. The molecule has 0 saturated heterocycles. The van der Waals surface area contributed by atoms with Gasteiger partial charge in [-0.3, -0.25) is 0 Å². The predicted molar refractivity (Wildman–Crippen MR) is 227 cm³/mol. The summed E-state index contributed by atoms with van der Waals surface area (Å²) < 4.78 is 2.41. The van der Waals surface area contributed by atoms with Crippen LogP contribution in [0.5, 0.6) is 0 Å². The van der Waals surface area contributed by atoms with Crippen LogP contribution < -0.4 is 20.7 Å². The summed E-state index contributed by atoms with van der Waals surface area (Å²) in [4.78, 5) is 0. The molecule has 8 aromatic carbocycles. The Balaban J connectivity index is 1.24. The average Bonchev–Trinajstić information content (AvgIpc) is 3.67. The number of aromatic nitrogens is 1. The van der Waals surface area contributed by atoms with Crippen molar-refractivity contribution in [2.75, 3.05) is 0 Å². The van der Waals surface area contributed by atoms with Gasteiger partial charge >= 0.3 is 0 Å². The van der Waals surface area contributed by atoms with Crippen LogP contribution in [0.15, 0.2) is 200 Å². The molecule has 1 aliphatic rings. The number of hydrogen-bond acceptors (Lipinski definition) is 0. The summed E-state index contributed by atoms with van der Waals surface area (Å²) in [5.41, 5.74) is 11.6. The first-order valence-electron chi connectivity index (χ1n) is 18.6. The van der Waals surface area contributed by atoms with Gasteiger partial charge in [-0.1, -0.05) is 184 Å². The third kappa shape index (κ3) is 4.76. The summed E-state index contributed by atoms with van der Waals surface area (Å²) >= 11 is 0. The Hall–Kier alpha value is -6.22. The van der Waals surface area contributed by atoms with Gasteiger partial charge in [0, 0.05) is 21.9 Å². The number of nitrogens with zero attached hydrogens (tertiary/aromatic N) is 1. The molecular weight excluding hydrogens is 655 g/mol. The molecule has 0 N–H and O–H groups in total. The van der Waals surface area contributed by atoms with Gasteiger partial charge in [-0.05, 0) is 84.5 Å². The van der Waals surface area contributed by atoms with E-state index < -0.39 is 8.07 Å². The molecule has 0 fully saturated rings. The van der Waals surface area contributed by atoms with Gasteiger partial charge in [0.05, 0.1) is 11.0 Å². The highest BCUT2D eigenvalue weighted by atomic mass is 28.3. The lowest BCUT2D eigenvalue weighted by Gasteiger charge is -2.35. The monoisotopic (exact) mass is 693 g/mol. The molecule has 9 aromatic rings. The topological polar surface area (TPSA) is 4.93 Å². The van der Waals surface area contributed by atoms with E-state index in [1.807, 2.05) is 0 Å². The molecule has 0 radical (unpaired) electrons. The zero-order valence-electron chi connectivity index (χ0n) is 30.0. The molecule has 252 valence electrons. The Morgan fingerprint density at radius 1 is 0.377 bits per heavy atom. The van der Waals surface area contributed by atoms with E-state index in [2.05, 4.69) is 219 Å². The van der Waals surface area contributed by atoms with Crippen molar-refractivity contribution in [3.8, 4) is 27.9 Å². The van der Waals surface area contributed by atoms with Crippen LogP contribution in [0.4, 0.5) is 0 Å². The minimum Gasteiger partial charge on any atom is -0.309 e. The summed E-state index contributed by atoms with van der Waals surface area (Å²) in [6.45, 7) is 4.71. The van der Waals surface area contributed by atoms with Gasteiger partial charge in [0.2, 0.25) is 0 Å². The molecule has 10 rings (SSSR count). The maximum Gasteiger partial charge on any atom is 0.179 e. The molecule has 0 unspecified atom stereocenters. The molecular formula is C51H39NSi. The number of para-hydroxylation sites is 2. The quantitative estimate of drug-likeness (QED) is 0.121. The smallest absolute Gasteiger partial charge is 0.179 e. The molecule has 0 bridgehead atoms. The fourth-order valence-electron chi connectivity index (χ4n) is 9.27. The van der Waals surface area contributed by atoms with Crippen molar-refractivity contribution in [1.29, 1.82) is 0 Å². The highest BCUT2D eigenvalue weighted by Gasteiger charge is 2.42. The van der Waals surface area contributed by atoms with Crippen LogP contribution in [0.1, 0.15) is 25.0 Å². The van der Waals surface area contributed by atoms with E-state index in [-0.39, 0.29) is 5.41 Å². The lowest BCUT2D eigenvalue weighted by molar-refractivity contribution is 0.660. The van der Waals surface area contributed by atoms with Gasteiger partial charge in [0.25, 0.3) is 0 Å². The third-order valence-electron chi connectivity index (χ3n) is 11.7. The van der Waals surface area contributed by atoms with E-state index in [9.17, 15) is 0 Å². The van der Waals surface area contributed by atoms with Crippen molar-refractivity contribution in [3.05, 3.63) is 211 Å². The van der Waals surface area contributed by atoms with Crippen molar-refractivity contribution >= 4 is 50.6 Å². The Morgan fingerprint density at radius 3 is 1.70 bits per heavy atom. The maximum absolute atomic E-state index is 2.85. The zero-order valence-corrected chi connectivity index (χ0v) is 31.0. The van der Waals surface area contributed by atoms with Gasteiger partial charge < -0.3 is 4.57 Å². The summed E-state index contributed by atoms with van der Waals surface area (Å²) in [5, 5.41) is 8.05. The fraction of sp³-hybridized carbons (Fsp3) is 0.0588. The molecule has 1 nitrogen and oxygen atoms in total. The maximum atomic E-state index is 2.52. The molecule has 0 saturated carbocycles. The van der Waals surface area contributed by atoms with Crippen molar-refractivity contribution < 1.29 is 0 Å². The van der Waals surface area contributed by atoms with Crippen molar-refractivity contribution in [2.24, 2.45) is 0 Å². The van der Waals surface area contributed by atoms with Crippen LogP contribution in [0.3, 0.4) is 0 Å². The SMILES string of the molecule is CC1(C)c2ccccc2-c2cc(-c3cccc([Si](c4ccccc4)(c4ccccc4)c4ccc5c(c4)c4ccccc4n5-c4ccccc4)c3)ccc21. The van der Waals surface area contributed by atoms with E-state index in [4.69, 9.17) is 0 Å². The summed E-state index contributed by atoms with van der Waals surface area (Å²) in [7, 11) is -2.85. The van der Waals surface area contributed by atoms with E-state index >= 15 is 0 Å². The molecule has 1 aromatic heterocycles. The van der Waals surface area contributed by atoms with Gasteiger partial charge in [0.1, 0.15) is 0 Å². The number of fused-ring (bicyclic) bond motifs is 6. The van der Waals surface area contributed by atoms with Gasteiger partial charge in [-0.25, -0.2) is 0 Å². The second-order valence-corrected chi connectivity index (χ2v) is 18.7. The Kier molecular flexibility index (Phi) is 7.25. The molecule has 1 aliphatic carbocycles. The van der Waals surface area contributed by atoms with Gasteiger partial charge in [0.15, 0.2) is 8.07 Å². The minimum absolute atomic E-state index is 0.0166. The first-order valence-corrected chi connectivity index (χ1v) is 20.6. The molecule has 0 atom stereocenters. The normalized spacial score (nSPS) is 13.2. The molecule has 0 aliphatic heterocycles. The summed E-state index contributed by atoms with van der Waals surface area (Å²) in [5.74, 6) is 0. The van der Waals surface area contributed by atoms with Crippen LogP contribution in [0.2, 0.25) is 0 Å². The second-order valence-electron chi connectivity index (χ2n) is 14.9. The van der Waals surface area contributed by atoms with Crippen LogP contribution >= 0.6 is 0 Å². The second kappa shape index (κ2) is 12.2. The van der Waals surface area contributed by atoms with Crippen LogP contribution in [0, 0.1) is 0 Å². The zero-order chi connectivity index (χ0) is 35.6. The molecule has 0 spiro atoms. The third-order valence-corrected chi connectivity index (χ3v) is 16.5. The van der Waals surface area contributed by atoms with Crippen LogP contribution in [0.25, 0.3) is 49.7 Å². The molecule has 2 heteroatoms. The standard InChI is InChI=1S/C51H39NSi/c1-51(2)47-27-14-12-25-43(47)45-34-37(29-31-48(45)51)36-17-16-24-41(33-36)53(39-20-8-4-9-21-39,40-22-10-5-11-23-40)42-30-32-50-46(35-42)44-26-13-15-28-49(44)52(50)38-18-6-3-7-19-38/h3-35H,1-2H3. The minimum atomic E-state index is -2.85. The van der Waals surface area contributed by atoms with E-state index in [0.717, 1.165) is 0 Å². The van der Waals surface area contributed by atoms with E-state index in [0.29, 0.717) is 0 Å². The van der Waals surface area contributed by atoms with Crippen molar-refractivity contribution in [1.82, 2.24) is 4.57 Å². The van der Waals surface area contributed by atoms with Crippen molar-refractivity contribution in [3.63, 3.8) is 0 Å². The first-order chi connectivity index (χ1) is 26.0. The molecule has 0 amide bonds. The Morgan fingerprint density at radius 2 is 0.943 bits per heavy atom. The van der Waals surface area contributed by atoms with E-state index in [1.54, 1.807) is 0 Å². The number of rotatable bonds is 6. The highest BCUT2D eigenvalue weighted by molar-refractivity contribution is 7.20. The Labute approximate surface area is 312 Å². The van der Waals surface area contributed by atoms with Gasteiger partial charge in [-0.15, -0.1) is 0 Å². The number of hydrogen-bond donors (Lipinski definition) is 0. The average molecular weight is 694 g/mol. The van der Waals surface area contributed by atoms with E-state index in [1.165, 1.54) is 81.6 Å². The summed E-state index contributed by atoms with van der Waals surface area (Å²) in [6, 6.07) is 75.0. The fourth-order valence-corrected chi connectivity index (χ4v) is 14.1. The predicted octanol–water partition coefficient (Wildman–Crippen LogP) is 10.1. The lowest BCUT2D eigenvalue weighted by Crippen LogP contribution is -2.74. The van der Waals surface area contributed by atoms with Crippen molar-refractivity contribution in [2.45, 2.75) is 19.3 Å². The number of benzene rings is 8. The molecule has 1 heterocycles. The largest absolute Gasteiger partial charge is 0.309 e. The molecule has 53 heavy (non-hydrogen) atoms. The Bertz CT molecular complexity index is 2760. The highest BCUT2D eigenvalue weighted by Crippen LogP contribution is 2.49. The van der Waals surface area contributed by atoms with Gasteiger partial charge in [-0.2, -0.15) is 0 Å². The van der Waals surface area contributed by atoms with Crippen LogP contribution in [-0.4, -0.2) is 12.6 Å². The lowest BCUT2D eigenvalue weighted by atomic mass is 9.82. The first kappa shape index (κ1) is 31.5.